The van der Waals surface area contributed by atoms with Crippen LogP contribution >= 0.6 is 0 Å². The second kappa shape index (κ2) is 6.13. The largest absolute Gasteiger partial charge is 0.451 e. The molecule has 0 fully saturated rings. The monoisotopic (exact) mass is 360 g/mol. The number of aromatic amines is 1. The zero-order valence-electron chi connectivity index (χ0n) is 15.4. The van der Waals surface area contributed by atoms with Crippen LogP contribution in [0, 0.1) is 0 Å². The van der Waals surface area contributed by atoms with Gasteiger partial charge in [-0.1, -0.05) is 45.0 Å². The van der Waals surface area contributed by atoms with Gasteiger partial charge in [-0.2, -0.15) is 0 Å². The molecule has 27 heavy (non-hydrogen) atoms. The Hall–Kier alpha value is -3.34. The molecule has 1 amide bonds. The lowest BCUT2D eigenvalue weighted by atomic mass is 9.85. The van der Waals surface area contributed by atoms with Crippen LogP contribution in [0.15, 0.2) is 63.8 Å². The Morgan fingerprint density at radius 3 is 2.56 bits per heavy atom. The highest BCUT2D eigenvalue weighted by atomic mass is 16.3. The molecule has 0 radical (unpaired) electrons. The number of hydrogen-bond acceptors (Lipinski definition) is 3. The molecule has 0 atom stereocenters. The number of aromatic nitrogens is 1. The number of para-hydroxylation sites is 1. The van der Waals surface area contributed by atoms with Crippen molar-refractivity contribution in [2.45, 2.75) is 26.2 Å². The number of furan rings is 1. The molecule has 5 nitrogen and oxygen atoms in total. The average Bonchev–Trinajstić information content (AvgIpc) is 3.04. The fraction of sp³-hybridized carbons (Fsp3) is 0.182. The first kappa shape index (κ1) is 17.1. The molecule has 2 heterocycles. The summed E-state index contributed by atoms with van der Waals surface area (Å²) >= 11 is 0. The zero-order valence-corrected chi connectivity index (χ0v) is 15.4. The maximum atomic E-state index is 12.5. The van der Waals surface area contributed by atoms with Crippen molar-refractivity contribution < 1.29 is 9.21 Å². The maximum absolute atomic E-state index is 12.5. The minimum atomic E-state index is -0.333. The van der Waals surface area contributed by atoms with E-state index in [1.807, 2.05) is 36.4 Å². The molecule has 0 aliphatic carbocycles. The second-order valence-corrected chi connectivity index (χ2v) is 7.66. The zero-order chi connectivity index (χ0) is 19.2. The molecule has 0 saturated heterocycles. The van der Waals surface area contributed by atoms with E-state index in [0.29, 0.717) is 16.8 Å². The molecular weight excluding hydrogens is 340 g/mol. The van der Waals surface area contributed by atoms with Crippen LogP contribution in [0.5, 0.6) is 0 Å². The number of pyridine rings is 1. The van der Waals surface area contributed by atoms with Crippen molar-refractivity contribution in [3.05, 3.63) is 76.3 Å². The highest BCUT2D eigenvalue weighted by Crippen LogP contribution is 2.29. The van der Waals surface area contributed by atoms with Crippen molar-refractivity contribution >= 4 is 33.5 Å². The van der Waals surface area contributed by atoms with Crippen LogP contribution < -0.4 is 10.9 Å². The fourth-order valence-electron chi connectivity index (χ4n) is 3.24. The number of amides is 1. The van der Waals surface area contributed by atoms with Gasteiger partial charge in [-0.05, 0) is 35.2 Å². The Kier molecular flexibility index (Phi) is 3.88. The summed E-state index contributed by atoms with van der Waals surface area (Å²) < 4.78 is 5.60. The van der Waals surface area contributed by atoms with E-state index in [-0.39, 0.29) is 22.6 Å². The predicted molar refractivity (Wildman–Crippen MR) is 107 cm³/mol. The van der Waals surface area contributed by atoms with Crippen LogP contribution in [0.3, 0.4) is 0 Å². The number of carbonyl (C=O) groups is 1. The number of fused-ring (bicyclic) bond motifs is 2. The molecular formula is C22H20N2O3. The van der Waals surface area contributed by atoms with E-state index in [1.165, 1.54) is 0 Å². The van der Waals surface area contributed by atoms with E-state index >= 15 is 0 Å². The standard InChI is InChI=1S/C22H20N2O3/c1-22(2,3)16-12-20(25)24-17-11-14(8-9-15(16)17)23-21(26)19-10-13-6-4-5-7-18(13)27-19/h4-12H,1-3H3,(H,23,26)(H,24,25). The highest BCUT2D eigenvalue weighted by Gasteiger charge is 2.18. The quantitative estimate of drug-likeness (QED) is 0.538. The Balaban J connectivity index is 1.70. The molecule has 0 saturated carbocycles. The van der Waals surface area contributed by atoms with Gasteiger partial charge in [0.15, 0.2) is 5.76 Å². The van der Waals surface area contributed by atoms with Gasteiger partial charge in [-0.3, -0.25) is 9.59 Å². The van der Waals surface area contributed by atoms with Gasteiger partial charge >= 0.3 is 0 Å². The summed E-state index contributed by atoms with van der Waals surface area (Å²) in [5.41, 5.74) is 2.60. The molecule has 4 rings (SSSR count). The molecule has 0 aliphatic heterocycles. The lowest BCUT2D eigenvalue weighted by Gasteiger charge is -2.21. The summed E-state index contributed by atoms with van der Waals surface area (Å²) in [4.78, 5) is 27.4. The van der Waals surface area contributed by atoms with Crippen LogP contribution in [0.25, 0.3) is 21.9 Å². The van der Waals surface area contributed by atoms with E-state index < -0.39 is 0 Å². The third-order valence-electron chi connectivity index (χ3n) is 4.56. The van der Waals surface area contributed by atoms with E-state index in [9.17, 15) is 9.59 Å². The molecule has 0 aliphatic rings. The van der Waals surface area contributed by atoms with Crippen LogP contribution in [-0.4, -0.2) is 10.9 Å². The molecule has 136 valence electrons. The van der Waals surface area contributed by atoms with E-state index in [1.54, 1.807) is 18.2 Å². The van der Waals surface area contributed by atoms with Crippen molar-refractivity contribution in [2.24, 2.45) is 0 Å². The fourth-order valence-corrected chi connectivity index (χ4v) is 3.24. The van der Waals surface area contributed by atoms with Crippen LogP contribution in [0.4, 0.5) is 5.69 Å². The molecule has 2 aromatic heterocycles. The van der Waals surface area contributed by atoms with Gasteiger partial charge in [0.05, 0.1) is 5.52 Å². The molecule has 0 unspecified atom stereocenters. The van der Waals surface area contributed by atoms with Crippen LogP contribution in [0.2, 0.25) is 0 Å². The molecule has 2 N–H and O–H groups in total. The minimum Gasteiger partial charge on any atom is -0.451 e. The Morgan fingerprint density at radius 1 is 1.04 bits per heavy atom. The summed E-state index contributed by atoms with van der Waals surface area (Å²) in [6.45, 7) is 6.20. The first-order valence-electron chi connectivity index (χ1n) is 8.79. The van der Waals surface area contributed by atoms with Gasteiger partial charge in [-0.25, -0.2) is 0 Å². The molecule has 4 aromatic rings. The molecule has 0 spiro atoms. The summed E-state index contributed by atoms with van der Waals surface area (Å²) in [5.74, 6) is -0.0897. The third-order valence-corrected chi connectivity index (χ3v) is 4.56. The summed E-state index contributed by atoms with van der Waals surface area (Å²) in [6.07, 6.45) is 0. The number of nitrogens with one attached hydrogen (secondary N) is 2. The SMILES string of the molecule is CC(C)(C)c1cc(=O)[nH]c2cc(NC(=O)c3cc4ccccc4o3)ccc12. The Labute approximate surface area is 156 Å². The van der Waals surface area contributed by atoms with E-state index in [2.05, 4.69) is 31.1 Å². The normalized spacial score (nSPS) is 11.8. The Bertz CT molecular complexity index is 1190. The van der Waals surface area contributed by atoms with Crippen LogP contribution in [-0.2, 0) is 5.41 Å². The first-order valence-corrected chi connectivity index (χ1v) is 8.79. The van der Waals surface area contributed by atoms with Crippen molar-refractivity contribution in [1.29, 1.82) is 0 Å². The minimum absolute atomic E-state index is 0.159. The number of benzene rings is 2. The van der Waals surface area contributed by atoms with Gasteiger partial charge in [-0.15, -0.1) is 0 Å². The maximum Gasteiger partial charge on any atom is 0.291 e. The number of rotatable bonds is 2. The lowest BCUT2D eigenvalue weighted by molar-refractivity contribution is 0.0998. The predicted octanol–water partition coefficient (Wildman–Crippen LogP) is 4.82. The van der Waals surface area contributed by atoms with Crippen molar-refractivity contribution in [3.63, 3.8) is 0 Å². The number of anilines is 1. The van der Waals surface area contributed by atoms with Crippen molar-refractivity contribution in [3.8, 4) is 0 Å². The van der Waals surface area contributed by atoms with Crippen LogP contribution in [0.1, 0.15) is 36.9 Å². The molecule has 2 aromatic carbocycles. The average molecular weight is 360 g/mol. The van der Waals surface area contributed by atoms with Crippen molar-refractivity contribution in [1.82, 2.24) is 4.98 Å². The Morgan fingerprint density at radius 2 is 1.81 bits per heavy atom. The summed E-state index contributed by atoms with van der Waals surface area (Å²) in [6, 6.07) is 16.3. The number of H-pyrrole nitrogens is 1. The lowest BCUT2D eigenvalue weighted by Crippen LogP contribution is -2.17. The summed E-state index contributed by atoms with van der Waals surface area (Å²) in [5, 5.41) is 4.67. The van der Waals surface area contributed by atoms with Gasteiger partial charge < -0.3 is 14.7 Å². The topological polar surface area (TPSA) is 75.1 Å². The summed E-state index contributed by atoms with van der Waals surface area (Å²) in [7, 11) is 0. The van der Waals surface area contributed by atoms with Gasteiger partial charge in [0.1, 0.15) is 5.58 Å². The van der Waals surface area contributed by atoms with E-state index in [0.717, 1.165) is 16.3 Å². The van der Waals surface area contributed by atoms with Gasteiger partial charge in [0.25, 0.3) is 5.91 Å². The number of hydrogen-bond donors (Lipinski definition) is 2. The highest BCUT2D eigenvalue weighted by molar-refractivity contribution is 6.05. The second-order valence-electron chi connectivity index (χ2n) is 7.66. The first-order chi connectivity index (χ1) is 12.8. The smallest absolute Gasteiger partial charge is 0.291 e. The molecule has 5 heteroatoms. The molecule has 0 bridgehead atoms. The van der Waals surface area contributed by atoms with E-state index in [4.69, 9.17) is 4.42 Å². The number of carbonyl (C=O) groups excluding carboxylic acids is 1. The third kappa shape index (κ3) is 3.24. The van der Waals surface area contributed by atoms with Crippen molar-refractivity contribution in [2.75, 3.05) is 5.32 Å². The van der Waals surface area contributed by atoms with Gasteiger partial charge in [0, 0.05) is 22.5 Å². The van der Waals surface area contributed by atoms with Gasteiger partial charge in [0.2, 0.25) is 5.56 Å².